The molecule has 0 spiro atoms. The van der Waals surface area contributed by atoms with Gasteiger partial charge in [-0.1, -0.05) is 41.9 Å². The van der Waals surface area contributed by atoms with E-state index in [4.69, 9.17) is 0 Å². The fourth-order valence-corrected chi connectivity index (χ4v) is 2.17. The zero-order valence-corrected chi connectivity index (χ0v) is 16.9. The maximum Gasteiger partial charge on any atom is 1.00 e. The molecule has 4 nitrogen and oxygen atoms in total. The number of anilines is 1. The molecule has 0 aliphatic heterocycles. The predicted molar refractivity (Wildman–Crippen MR) is 85.3 cm³/mol. The van der Waals surface area contributed by atoms with Crippen molar-refractivity contribution in [1.29, 1.82) is 0 Å². The van der Waals surface area contributed by atoms with Gasteiger partial charge in [0.2, 0.25) is 5.91 Å². The van der Waals surface area contributed by atoms with E-state index in [1.807, 2.05) is 0 Å². The first-order valence-corrected chi connectivity index (χ1v) is 7.07. The SMILES string of the molecule is COC(=O)c1ccc(NC(=O)Cc2ccccc2)c([B-](F)(F)F)c1.[K+]. The van der Waals surface area contributed by atoms with Crippen LogP contribution < -0.4 is 62.2 Å². The molecule has 1 amide bonds. The molecule has 0 heterocycles. The van der Waals surface area contributed by atoms with Crippen LogP contribution in [0.25, 0.3) is 0 Å². The molecule has 126 valence electrons. The van der Waals surface area contributed by atoms with Gasteiger partial charge in [0.25, 0.3) is 0 Å². The van der Waals surface area contributed by atoms with Crippen molar-refractivity contribution >= 4 is 30.0 Å². The van der Waals surface area contributed by atoms with Gasteiger partial charge in [-0.2, -0.15) is 0 Å². The molecule has 0 fully saturated rings. The topological polar surface area (TPSA) is 55.4 Å². The first kappa shape index (κ1) is 21.9. The number of nitrogens with one attached hydrogen (secondary N) is 1. The van der Waals surface area contributed by atoms with Crippen LogP contribution in [0.4, 0.5) is 18.6 Å². The average Bonchev–Trinajstić information content (AvgIpc) is 2.54. The second kappa shape index (κ2) is 9.54. The average molecular weight is 375 g/mol. The van der Waals surface area contributed by atoms with Gasteiger partial charge in [0.05, 0.1) is 19.1 Å². The van der Waals surface area contributed by atoms with Crippen molar-refractivity contribution in [2.24, 2.45) is 0 Å². The Labute approximate surface area is 185 Å². The number of esters is 1. The number of benzene rings is 2. The fraction of sp³-hybridized carbons (Fsp3) is 0.125. The van der Waals surface area contributed by atoms with Crippen LogP contribution in [0.15, 0.2) is 48.5 Å². The smallest absolute Gasteiger partial charge is 0.465 e. The molecule has 9 heteroatoms. The summed E-state index contributed by atoms with van der Waals surface area (Å²) in [6, 6.07) is 11.6. The van der Waals surface area contributed by atoms with Gasteiger partial charge in [0.15, 0.2) is 0 Å². The van der Waals surface area contributed by atoms with Crippen LogP contribution in [0.1, 0.15) is 15.9 Å². The second-order valence-electron chi connectivity index (χ2n) is 5.08. The summed E-state index contributed by atoms with van der Waals surface area (Å²) >= 11 is 0. The van der Waals surface area contributed by atoms with Crippen molar-refractivity contribution < 1.29 is 78.7 Å². The number of carbonyl (C=O) groups is 2. The molecule has 0 aromatic heterocycles. The van der Waals surface area contributed by atoms with E-state index in [2.05, 4.69) is 10.1 Å². The number of halogens is 3. The van der Waals surface area contributed by atoms with Crippen molar-refractivity contribution in [2.75, 3.05) is 12.4 Å². The third-order valence-electron chi connectivity index (χ3n) is 3.31. The number of methoxy groups -OCH3 is 1. The molecule has 2 aromatic carbocycles. The Morgan fingerprint density at radius 2 is 1.72 bits per heavy atom. The van der Waals surface area contributed by atoms with E-state index in [-0.39, 0.29) is 69.1 Å². The van der Waals surface area contributed by atoms with Crippen LogP contribution in [0.5, 0.6) is 0 Å². The largest absolute Gasteiger partial charge is 1.00 e. The monoisotopic (exact) mass is 375 g/mol. The molecule has 0 bridgehead atoms. The molecule has 0 aliphatic rings. The third kappa shape index (κ3) is 6.27. The first-order chi connectivity index (χ1) is 11.3. The predicted octanol–water partition coefficient (Wildman–Crippen LogP) is -0.287. The minimum absolute atomic E-state index is 0. The zero-order valence-electron chi connectivity index (χ0n) is 13.8. The van der Waals surface area contributed by atoms with E-state index in [0.717, 1.165) is 13.2 Å². The van der Waals surface area contributed by atoms with Gasteiger partial charge < -0.3 is 23.0 Å². The standard InChI is InChI=1S/C16H14BF3NO3.K/c1-24-16(23)12-7-8-14(13(10-12)17(18,19)20)21-15(22)9-11-5-3-2-4-6-11;/h2-8,10H,9H2,1H3,(H,21,22);/q-1;+1. The van der Waals surface area contributed by atoms with Gasteiger partial charge in [0, 0.05) is 5.69 Å². The normalized spacial score (nSPS) is 10.6. The summed E-state index contributed by atoms with van der Waals surface area (Å²) in [5, 5.41) is 2.25. The van der Waals surface area contributed by atoms with E-state index in [1.165, 1.54) is 6.07 Å². The molecule has 2 rings (SSSR count). The molecule has 0 radical (unpaired) electrons. The summed E-state index contributed by atoms with van der Waals surface area (Å²) in [6.45, 7) is -5.41. The van der Waals surface area contributed by atoms with Gasteiger partial charge in [-0.25, -0.2) is 4.79 Å². The Morgan fingerprint density at radius 3 is 2.28 bits per heavy atom. The summed E-state index contributed by atoms with van der Waals surface area (Å²) in [5.74, 6) is -1.45. The number of hydrogen-bond donors (Lipinski definition) is 1. The fourth-order valence-electron chi connectivity index (χ4n) is 2.17. The zero-order chi connectivity index (χ0) is 17.7. The van der Waals surface area contributed by atoms with Crippen molar-refractivity contribution in [1.82, 2.24) is 0 Å². The quantitative estimate of drug-likeness (QED) is 0.578. The Bertz CT molecular complexity index is 754. The van der Waals surface area contributed by atoms with Crippen molar-refractivity contribution in [3.05, 3.63) is 59.7 Å². The van der Waals surface area contributed by atoms with E-state index in [1.54, 1.807) is 30.3 Å². The molecule has 2 aromatic rings. The molecule has 0 aliphatic carbocycles. The number of hydrogen-bond acceptors (Lipinski definition) is 3. The van der Waals surface area contributed by atoms with Crippen LogP contribution in [-0.4, -0.2) is 26.0 Å². The molecule has 0 atom stereocenters. The van der Waals surface area contributed by atoms with Gasteiger partial charge in [-0.3, -0.25) is 4.79 Å². The van der Waals surface area contributed by atoms with Gasteiger partial charge in [0.1, 0.15) is 0 Å². The van der Waals surface area contributed by atoms with Gasteiger partial charge in [-0.05, 0) is 17.7 Å². The van der Waals surface area contributed by atoms with E-state index in [9.17, 15) is 22.5 Å². The van der Waals surface area contributed by atoms with Crippen molar-refractivity contribution in [2.45, 2.75) is 6.42 Å². The van der Waals surface area contributed by atoms with Crippen LogP contribution in [0.3, 0.4) is 0 Å². The summed E-state index contributed by atoms with van der Waals surface area (Å²) in [5.41, 5.74) is -0.969. The van der Waals surface area contributed by atoms with Crippen molar-refractivity contribution in [3.8, 4) is 0 Å². The molecule has 1 N–H and O–H groups in total. The second-order valence-corrected chi connectivity index (χ2v) is 5.08. The minimum atomic E-state index is -5.41. The number of amides is 1. The molecular formula is C16H14BF3KNO3. The summed E-state index contributed by atoms with van der Waals surface area (Å²) in [7, 11) is 1.08. The molecular weight excluding hydrogens is 361 g/mol. The minimum Gasteiger partial charge on any atom is -0.465 e. The maximum atomic E-state index is 13.2. The van der Waals surface area contributed by atoms with Crippen LogP contribution >= 0.6 is 0 Å². The number of carbonyl (C=O) groups excluding carboxylic acids is 2. The van der Waals surface area contributed by atoms with E-state index >= 15 is 0 Å². The Hall–Kier alpha value is -1.13. The van der Waals surface area contributed by atoms with E-state index < -0.39 is 24.3 Å². The van der Waals surface area contributed by atoms with Crippen LogP contribution in [0, 0.1) is 0 Å². The van der Waals surface area contributed by atoms with Crippen molar-refractivity contribution in [3.63, 3.8) is 0 Å². The Kier molecular flexibility index (Phi) is 8.36. The summed E-state index contributed by atoms with van der Waals surface area (Å²) in [4.78, 5) is 23.4. The first-order valence-electron chi connectivity index (χ1n) is 7.07. The number of rotatable bonds is 5. The Morgan fingerprint density at radius 1 is 1.08 bits per heavy atom. The molecule has 0 unspecified atom stereocenters. The summed E-state index contributed by atoms with van der Waals surface area (Å²) in [6.07, 6.45) is -0.0517. The molecule has 0 saturated carbocycles. The Balaban J connectivity index is 0.00000312. The van der Waals surface area contributed by atoms with Gasteiger partial charge in [-0.15, -0.1) is 0 Å². The van der Waals surface area contributed by atoms with Crippen LogP contribution in [-0.2, 0) is 16.0 Å². The van der Waals surface area contributed by atoms with Gasteiger partial charge >= 0.3 is 64.3 Å². The van der Waals surface area contributed by atoms with E-state index in [0.29, 0.717) is 11.6 Å². The molecule has 0 saturated heterocycles. The van der Waals surface area contributed by atoms with Crippen LogP contribution in [0.2, 0.25) is 0 Å². The molecule has 25 heavy (non-hydrogen) atoms. The third-order valence-corrected chi connectivity index (χ3v) is 3.31. The summed E-state index contributed by atoms with van der Waals surface area (Å²) < 4.78 is 44.1. The number of ether oxygens (including phenoxy) is 1. The maximum absolute atomic E-state index is 13.2.